The Kier molecular flexibility index (Phi) is 6.24. The number of hydrazone groups is 1. The quantitative estimate of drug-likeness (QED) is 0.820. The van der Waals surface area contributed by atoms with E-state index in [1.54, 1.807) is 0 Å². The second-order valence-electron chi connectivity index (χ2n) is 6.74. The molecule has 1 heterocycles. The molecule has 0 atom stereocenters. The summed E-state index contributed by atoms with van der Waals surface area (Å²) in [6.45, 7) is 0. The zero-order valence-electron chi connectivity index (χ0n) is 14.3. The number of carbonyl (C=O) groups is 2. The van der Waals surface area contributed by atoms with E-state index >= 15 is 0 Å². The number of hydrogen-bond acceptors (Lipinski definition) is 3. The van der Waals surface area contributed by atoms with Crippen LogP contribution in [0, 0.1) is 0 Å². The van der Waals surface area contributed by atoms with Crippen molar-refractivity contribution in [3.63, 3.8) is 0 Å². The third-order valence-corrected chi connectivity index (χ3v) is 5.33. The molecule has 1 saturated carbocycles. The Morgan fingerprint density at radius 2 is 1.68 bits per heavy atom. The molecule has 0 radical (unpaired) electrons. The lowest BCUT2D eigenvalue weighted by Crippen LogP contribution is -2.43. The molecule has 1 fully saturated rings. The Labute approximate surface area is 157 Å². The first-order chi connectivity index (χ1) is 12.1. The van der Waals surface area contributed by atoms with Gasteiger partial charge in [0, 0.05) is 23.4 Å². The second-order valence-corrected chi connectivity index (χ2v) is 7.66. The molecule has 3 rings (SSSR count). The third kappa shape index (κ3) is 4.91. The minimum absolute atomic E-state index is 0.0789. The van der Waals surface area contributed by atoms with Crippen LogP contribution in [0.3, 0.4) is 0 Å². The van der Waals surface area contributed by atoms with Crippen LogP contribution in [-0.2, 0) is 9.59 Å². The second kappa shape index (κ2) is 8.61. The number of nitrogens with zero attached hydrogens (tertiary/aromatic N) is 2. The average Bonchev–Trinajstić information content (AvgIpc) is 2.58. The molecule has 0 bridgehead atoms. The summed E-state index contributed by atoms with van der Waals surface area (Å²) in [5.74, 6) is -0.204. The van der Waals surface area contributed by atoms with Gasteiger partial charge in [0.25, 0.3) is 5.91 Å². The van der Waals surface area contributed by atoms with E-state index in [0.29, 0.717) is 24.2 Å². The van der Waals surface area contributed by atoms with Gasteiger partial charge in [-0.05, 0) is 37.1 Å². The van der Waals surface area contributed by atoms with E-state index in [1.807, 2.05) is 24.3 Å². The average molecular weight is 406 g/mol. The van der Waals surface area contributed by atoms with Crippen LogP contribution in [0.5, 0.6) is 0 Å². The molecule has 0 unspecified atom stereocenters. The van der Waals surface area contributed by atoms with Crippen molar-refractivity contribution in [2.75, 3.05) is 5.01 Å². The minimum atomic E-state index is -0.125. The molecule has 0 spiro atoms. The first-order valence-electron chi connectivity index (χ1n) is 9.10. The zero-order valence-corrected chi connectivity index (χ0v) is 15.9. The molecule has 1 aromatic rings. The maximum absolute atomic E-state index is 12.6. The van der Waals surface area contributed by atoms with Crippen LogP contribution in [0.2, 0.25) is 0 Å². The topological polar surface area (TPSA) is 61.8 Å². The normalized spacial score (nSPS) is 19.8. The monoisotopic (exact) mass is 405 g/mol. The Morgan fingerprint density at radius 3 is 2.36 bits per heavy atom. The Morgan fingerprint density at radius 1 is 1.04 bits per heavy atom. The van der Waals surface area contributed by atoms with Crippen LogP contribution in [0.25, 0.3) is 0 Å². The molecule has 0 saturated heterocycles. The lowest BCUT2D eigenvalue weighted by Gasteiger charge is -2.25. The first-order valence-corrected chi connectivity index (χ1v) is 9.89. The number of nitrogens with one attached hydrogen (secondary N) is 1. The molecule has 0 aromatic heterocycles. The number of benzene rings is 1. The Balaban J connectivity index is 1.69. The molecule has 1 N–H and O–H groups in total. The van der Waals surface area contributed by atoms with E-state index in [9.17, 15) is 9.59 Å². The molecule has 134 valence electrons. The number of halogens is 1. The molecule has 1 aliphatic carbocycles. The summed E-state index contributed by atoms with van der Waals surface area (Å²) in [4.78, 5) is 24.8. The fraction of sp³-hybridized carbons (Fsp3) is 0.526. The molecule has 6 heteroatoms. The SMILES string of the molecule is O=C(NC1CCCCCCC1)C1=NN(c2ccc(Br)cc2)C(=O)CC1. The largest absolute Gasteiger partial charge is 0.348 e. The van der Waals surface area contributed by atoms with Crippen molar-refractivity contribution in [1.29, 1.82) is 0 Å². The highest BCUT2D eigenvalue weighted by molar-refractivity contribution is 9.10. The van der Waals surface area contributed by atoms with Gasteiger partial charge in [-0.3, -0.25) is 9.59 Å². The van der Waals surface area contributed by atoms with Crippen LogP contribution >= 0.6 is 15.9 Å². The molecule has 5 nitrogen and oxygen atoms in total. The number of hydrogen-bond donors (Lipinski definition) is 1. The van der Waals surface area contributed by atoms with Gasteiger partial charge < -0.3 is 5.32 Å². The summed E-state index contributed by atoms with van der Waals surface area (Å²) in [6.07, 6.45) is 8.93. The summed E-state index contributed by atoms with van der Waals surface area (Å²) in [6, 6.07) is 7.60. The van der Waals surface area contributed by atoms with E-state index in [1.165, 1.54) is 37.1 Å². The molecule has 1 aliphatic heterocycles. The van der Waals surface area contributed by atoms with Crippen molar-refractivity contribution >= 4 is 39.1 Å². The molecule has 2 aliphatic rings. The van der Waals surface area contributed by atoms with Gasteiger partial charge in [0.1, 0.15) is 5.71 Å². The third-order valence-electron chi connectivity index (χ3n) is 4.81. The standard InChI is InChI=1S/C19H24BrN3O2/c20-14-8-10-16(11-9-14)23-18(24)13-12-17(22-23)19(25)21-15-6-4-2-1-3-5-7-15/h8-11,15H,1-7,12-13H2,(H,21,25). The lowest BCUT2D eigenvalue weighted by atomic mass is 9.96. The number of rotatable bonds is 3. The van der Waals surface area contributed by atoms with Gasteiger partial charge in [0.15, 0.2) is 0 Å². The lowest BCUT2D eigenvalue weighted by molar-refractivity contribution is -0.119. The number of amides is 2. The smallest absolute Gasteiger partial charge is 0.267 e. The predicted molar refractivity (Wildman–Crippen MR) is 103 cm³/mol. The van der Waals surface area contributed by atoms with Crippen LogP contribution in [0.15, 0.2) is 33.8 Å². The van der Waals surface area contributed by atoms with Crippen molar-refractivity contribution in [3.8, 4) is 0 Å². The Hall–Kier alpha value is -1.69. The van der Waals surface area contributed by atoms with Gasteiger partial charge in [-0.15, -0.1) is 0 Å². The maximum Gasteiger partial charge on any atom is 0.267 e. The van der Waals surface area contributed by atoms with E-state index < -0.39 is 0 Å². The minimum Gasteiger partial charge on any atom is -0.348 e. The highest BCUT2D eigenvalue weighted by Crippen LogP contribution is 2.23. The van der Waals surface area contributed by atoms with Crippen molar-refractivity contribution in [1.82, 2.24) is 5.32 Å². The zero-order chi connectivity index (χ0) is 17.6. The summed E-state index contributed by atoms with van der Waals surface area (Å²) in [5, 5.41) is 8.83. The predicted octanol–water partition coefficient (Wildman–Crippen LogP) is 4.16. The van der Waals surface area contributed by atoms with Crippen LogP contribution < -0.4 is 10.3 Å². The van der Waals surface area contributed by atoms with Crippen molar-refractivity contribution in [2.45, 2.75) is 63.8 Å². The highest BCUT2D eigenvalue weighted by atomic mass is 79.9. The highest BCUT2D eigenvalue weighted by Gasteiger charge is 2.26. The van der Waals surface area contributed by atoms with Gasteiger partial charge in [0.05, 0.1) is 5.69 Å². The number of carbonyl (C=O) groups excluding carboxylic acids is 2. The van der Waals surface area contributed by atoms with Crippen LogP contribution in [-0.4, -0.2) is 23.6 Å². The molecular weight excluding hydrogens is 382 g/mol. The fourth-order valence-corrected chi connectivity index (χ4v) is 3.63. The molecular formula is C19H24BrN3O2. The van der Waals surface area contributed by atoms with E-state index in [-0.39, 0.29) is 17.9 Å². The van der Waals surface area contributed by atoms with Crippen molar-refractivity contribution in [3.05, 3.63) is 28.7 Å². The fourth-order valence-electron chi connectivity index (χ4n) is 3.37. The van der Waals surface area contributed by atoms with Gasteiger partial charge in [0.2, 0.25) is 5.91 Å². The van der Waals surface area contributed by atoms with Crippen LogP contribution in [0.1, 0.15) is 57.8 Å². The summed E-state index contributed by atoms with van der Waals surface area (Å²) < 4.78 is 0.937. The van der Waals surface area contributed by atoms with Gasteiger partial charge in [-0.1, -0.05) is 48.0 Å². The van der Waals surface area contributed by atoms with Gasteiger partial charge in [-0.2, -0.15) is 5.10 Å². The summed E-state index contributed by atoms with van der Waals surface area (Å²) in [5.41, 5.74) is 1.13. The van der Waals surface area contributed by atoms with Crippen LogP contribution in [0.4, 0.5) is 5.69 Å². The molecule has 1 aromatic carbocycles. The molecule has 25 heavy (non-hydrogen) atoms. The summed E-state index contributed by atoms with van der Waals surface area (Å²) in [7, 11) is 0. The van der Waals surface area contributed by atoms with E-state index in [4.69, 9.17) is 0 Å². The Bertz CT molecular complexity index is 649. The molecule has 2 amide bonds. The number of anilines is 1. The summed E-state index contributed by atoms with van der Waals surface area (Å²) >= 11 is 3.38. The van der Waals surface area contributed by atoms with Crippen molar-refractivity contribution < 1.29 is 9.59 Å². The van der Waals surface area contributed by atoms with Gasteiger partial charge >= 0.3 is 0 Å². The van der Waals surface area contributed by atoms with E-state index in [0.717, 1.165) is 17.3 Å². The van der Waals surface area contributed by atoms with Gasteiger partial charge in [-0.25, -0.2) is 5.01 Å². The van der Waals surface area contributed by atoms with E-state index in [2.05, 4.69) is 26.3 Å². The maximum atomic E-state index is 12.6. The van der Waals surface area contributed by atoms with Crippen molar-refractivity contribution in [2.24, 2.45) is 5.10 Å². The first kappa shape index (κ1) is 18.1.